The molecule has 0 aromatic carbocycles. The molecule has 3 heteroatoms. The molecule has 0 unspecified atom stereocenters. The van der Waals surface area contributed by atoms with Crippen molar-refractivity contribution < 1.29 is 8.85 Å². The van der Waals surface area contributed by atoms with Crippen molar-refractivity contribution in [3.63, 3.8) is 0 Å². The first-order chi connectivity index (χ1) is 7.29. The lowest BCUT2D eigenvalue weighted by molar-refractivity contribution is 0.215. The van der Waals surface area contributed by atoms with Crippen LogP contribution in [0.3, 0.4) is 0 Å². The minimum Gasteiger partial charge on any atom is -0.397 e. The summed E-state index contributed by atoms with van der Waals surface area (Å²) in [6.07, 6.45) is 9.31. The average molecular weight is 230 g/mol. The summed E-state index contributed by atoms with van der Waals surface area (Å²) in [6, 6.07) is 1.18. The lowest BCUT2D eigenvalue weighted by Crippen LogP contribution is -2.45. The maximum absolute atomic E-state index is 5.85. The van der Waals surface area contributed by atoms with E-state index in [1.165, 1.54) is 51.0 Å². The second-order valence-electron chi connectivity index (χ2n) is 4.66. The van der Waals surface area contributed by atoms with Crippen LogP contribution in [-0.4, -0.2) is 22.8 Å². The van der Waals surface area contributed by atoms with Crippen LogP contribution < -0.4 is 0 Å². The molecule has 0 N–H and O–H groups in total. The van der Waals surface area contributed by atoms with Gasteiger partial charge in [-0.05, 0) is 18.9 Å². The number of hydrogen-bond donors (Lipinski definition) is 0. The summed E-state index contributed by atoms with van der Waals surface area (Å²) in [7, 11) is 1.86. The summed E-state index contributed by atoms with van der Waals surface area (Å²) < 4.78 is 11.7. The van der Waals surface area contributed by atoms with Gasteiger partial charge in [0.15, 0.2) is 0 Å². The molecule has 15 heavy (non-hydrogen) atoms. The molecule has 0 radical (unpaired) electrons. The fourth-order valence-corrected chi connectivity index (χ4v) is 6.57. The second-order valence-corrected chi connectivity index (χ2v) is 8.42. The van der Waals surface area contributed by atoms with Gasteiger partial charge in [0.1, 0.15) is 0 Å². The Kier molecular flexibility index (Phi) is 5.86. The Morgan fingerprint density at radius 3 is 2.13 bits per heavy atom. The van der Waals surface area contributed by atoms with Crippen molar-refractivity contribution in [2.45, 2.75) is 63.5 Å². The van der Waals surface area contributed by atoms with Gasteiger partial charge in [-0.15, -0.1) is 0 Å². The Labute approximate surface area is 95.6 Å². The van der Waals surface area contributed by atoms with Crippen LogP contribution in [0.4, 0.5) is 0 Å². The summed E-state index contributed by atoms with van der Waals surface area (Å²) >= 11 is 0. The summed E-state index contributed by atoms with van der Waals surface area (Å²) in [4.78, 5) is 0. The molecule has 0 aromatic heterocycles. The van der Waals surface area contributed by atoms with Crippen LogP contribution in [0, 0.1) is 0 Å². The van der Waals surface area contributed by atoms with Gasteiger partial charge in [-0.2, -0.15) is 0 Å². The molecule has 2 nitrogen and oxygen atoms in total. The molecule has 0 aromatic rings. The van der Waals surface area contributed by atoms with Gasteiger partial charge in [0.2, 0.25) is 0 Å². The van der Waals surface area contributed by atoms with E-state index in [0.717, 1.165) is 5.54 Å². The van der Waals surface area contributed by atoms with E-state index in [1.54, 1.807) is 0 Å². The number of unbranched alkanes of at least 4 members (excludes halogenated alkanes) is 1. The fourth-order valence-electron chi connectivity index (χ4n) is 2.79. The molecule has 1 aliphatic carbocycles. The van der Waals surface area contributed by atoms with Crippen molar-refractivity contribution in [1.29, 1.82) is 0 Å². The van der Waals surface area contributed by atoms with Gasteiger partial charge in [-0.3, -0.25) is 0 Å². The molecule has 0 saturated heterocycles. The van der Waals surface area contributed by atoms with Crippen molar-refractivity contribution in [1.82, 2.24) is 0 Å². The zero-order valence-corrected chi connectivity index (χ0v) is 11.6. The van der Waals surface area contributed by atoms with Gasteiger partial charge in [-0.1, -0.05) is 39.0 Å². The standard InChI is InChI=1S/C12H26O2Si/c1-4-5-11-15(13-2,14-3)12-9-7-6-8-10-12/h12H,4-11H2,1-3H3. The minimum absolute atomic E-state index is 0.743. The van der Waals surface area contributed by atoms with Crippen LogP contribution in [0.1, 0.15) is 51.9 Å². The Morgan fingerprint density at radius 1 is 1.07 bits per heavy atom. The maximum atomic E-state index is 5.85. The predicted octanol–water partition coefficient (Wildman–Crippen LogP) is 3.86. The topological polar surface area (TPSA) is 18.5 Å². The van der Waals surface area contributed by atoms with Crippen molar-refractivity contribution in [3.8, 4) is 0 Å². The third kappa shape index (κ3) is 3.30. The smallest absolute Gasteiger partial charge is 0.340 e. The van der Waals surface area contributed by atoms with Crippen molar-refractivity contribution >= 4 is 8.56 Å². The highest BCUT2D eigenvalue weighted by atomic mass is 28.4. The molecule has 90 valence electrons. The third-order valence-electron chi connectivity index (χ3n) is 3.80. The van der Waals surface area contributed by atoms with Crippen LogP contribution in [0.5, 0.6) is 0 Å². The van der Waals surface area contributed by atoms with Crippen LogP contribution >= 0.6 is 0 Å². The monoisotopic (exact) mass is 230 g/mol. The van der Waals surface area contributed by atoms with Crippen LogP contribution in [0.2, 0.25) is 11.6 Å². The SMILES string of the molecule is CCCC[Si](OC)(OC)C1CCCCC1. The van der Waals surface area contributed by atoms with Gasteiger partial charge in [-0.25, -0.2) is 0 Å². The Bertz CT molecular complexity index is 163. The van der Waals surface area contributed by atoms with Crippen molar-refractivity contribution in [3.05, 3.63) is 0 Å². The molecule has 0 amide bonds. The first kappa shape index (κ1) is 13.2. The van der Waals surface area contributed by atoms with E-state index in [4.69, 9.17) is 8.85 Å². The highest BCUT2D eigenvalue weighted by Gasteiger charge is 2.43. The van der Waals surface area contributed by atoms with E-state index in [-0.39, 0.29) is 0 Å². The zero-order chi connectivity index (χ0) is 11.1. The van der Waals surface area contributed by atoms with Gasteiger partial charge in [0.05, 0.1) is 0 Å². The molecule has 1 rings (SSSR count). The van der Waals surface area contributed by atoms with E-state index in [9.17, 15) is 0 Å². The van der Waals surface area contributed by atoms with Crippen LogP contribution in [-0.2, 0) is 8.85 Å². The number of hydrogen-bond acceptors (Lipinski definition) is 2. The molecule has 1 aliphatic rings. The van der Waals surface area contributed by atoms with E-state index < -0.39 is 8.56 Å². The first-order valence-electron chi connectivity index (χ1n) is 6.39. The van der Waals surface area contributed by atoms with Crippen LogP contribution in [0.25, 0.3) is 0 Å². The normalized spacial score (nSPS) is 19.4. The lowest BCUT2D eigenvalue weighted by atomic mass is 10.0. The highest BCUT2D eigenvalue weighted by Crippen LogP contribution is 2.40. The van der Waals surface area contributed by atoms with E-state index >= 15 is 0 Å². The fraction of sp³-hybridized carbons (Fsp3) is 1.00. The molecular formula is C12H26O2Si. The molecule has 1 saturated carbocycles. The summed E-state index contributed by atoms with van der Waals surface area (Å²) in [5.74, 6) is 0. The highest BCUT2D eigenvalue weighted by molar-refractivity contribution is 6.69. The van der Waals surface area contributed by atoms with Gasteiger partial charge < -0.3 is 8.85 Å². The molecule has 0 atom stereocenters. The van der Waals surface area contributed by atoms with Gasteiger partial charge in [0, 0.05) is 19.8 Å². The molecule has 0 spiro atoms. The maximum Gasteiger partial charge on any atom is 0.340 e. The van der Waals surface area contributed by atoms with Gasteiger partial charge in [0.25, 0.3) is 0 Å². The molecule has 0 bridgehead atoms. The Hall–Kier alpha value is 0.137. The van der Waals surface area contributed by atoms with E-state index in [1.807, 2.05) is 14.2 Å². The van der Waals surface area contributed by atoms with Crippen molar-refractivity contribution in [2.24, 2.45) is 0 Å². The Balaban J connectivity index is 2.59. The molecule has 0 aliphatic heterocycles. The summed E-state index contributed by atoms with van der Waals surface area (Å²) in [6.45, 7) is 2.24. The second kappa shape index (κ2) is 6.66. The summed E-state index contributed by atoms with van der Waals surface area (Å²) in [5.41, 5.74) is 0.743. The minimum atomic E-state index is -1.86. The average Bonchev–Trinajstić information content (AvgIpc) is 2.33. The first-order valence-corrected chi connectivity index (χ1v) is 8.49. The summed E-state index contributed by atoms with van der Waals surface area (Å²) in [5, 5.41) is 0. The zero-order valence-electron chi connectivity index (χ0n) is 10.6. The van der Waals surface area contributed by atoms with E-state index in [2.05, 4.69) is 6.92 Å². The van der Waals surface area contributed by atoms with Crippen LogP contribution in [0.15, 0.2) is 0 Å². The molecule has 1 fully saturated rings. The largest absolute Gasteiger partial charge is 0.397 e. The van der Waals surface area contributed by atoms with Gasteiger partial charge >= 0.3 is 8.56 Å². The Morgan fingerprint density at radius 2 is 1.67 bits per heavy atom. The van der Waals surface area contributed by atoms with Crippen molar-refractivity contribution in [2.75, 3.05) is 14.2 Å². The lowest BCUT2D eigenvalue weighted by Gasteiger charge is -2.37. The number of rotatable bonds is 6. The molecular weight excluding hydrogens is 204 g/mol. The quantitative estimate of drug-likeness (QED) is 0.645. The third-order valence-corrected chi connectivity index (χ3v) is 8.05. The van der Waals surface area contributed by atoms with E-state index in [0.29, 0.717) is 0 Å². The predicted molar refractivity (Wildman–Crippen MR) is 66.3 cm³/mol. The molecule has 0 heterocycles.